The number of halogens is 3. The molecule has 1 aromatic rings. The minimum atomic E-state index is -4.26. The lowest BCUT2D eigenvalue weighted by Crippen LogP contribution is -2.23. The summed E-state index contributed by atoms with van der Waals surface area (Å²) in [5, 5.41) is 6.54. The minimum absolute atomic E-state index is 0.00658. The molecule has 0 amide bonds. The van der Waals surface area contributed by atoms with Crippen molar-refractivity contribution in [3.63, 3.8) is 0 Å². The summed E-state index contributed by atoms with van der Waals surface area (Å²) in [4.78, 5) is 0. The van der Waals surface area contributed by atoms with E-state index in [-0.39, 0.29) is 6.61 Å². The fraction of sp³-hybridized carbons (Fsp3) is 0.667. The first kappa shape index (κ1) is 13.0. The van der Waals surface area contributed by atoms with Crippen LogP contribution < -0.4 is 5.32 Å². The van der Waals surface area contributed by atoms with Gasteiger partial charge in [0.25, 0.3) is 0 Å². The van der Waals surface area contributed by atoms with Crippen LogP contribution in [0.4, 0.5) is 13.2 Å². The summed E-state index contributed by atoms with van der Waals surface area (Å²) in [5.74, 6) is 0.647. The first-order chi connectivity index (χ1) is 7.47. The zero-order chi connectivity index (χ0) is 12.0. The van der Waals surface area contributed by atoms with E-state index >= 15 is 0 Å². The Balaban J connectivity index is 2.00. The van der Waals surface area contributed by atoms with Crippen LogP contribution in [0.2, 0.25) is 0 Å². The van der Waals surface area contributed by atoms with E-state index in [1.54, 1.807) is 13.0 Å². The maximum Gasteiger partial charge on any atom is 0.411 e. The van der Waals surface area contributed by atoms with Crippen molar-refractivity contribution in [1.29, 1.82) is 0 Å². The van der Waals surface area contributed by atoms with Crippen LogP contribution in [0, 0.1) is 6.92 Å². The molecule has 0 aromatic carbocycles. The van der Waals surface area contributed by atoms with Gasteiger partial charge in [-0.15, -0.1) is 0 Å². The summed E-state index contributed by atoms with van der Waals surface area (Å²) in [6.45, 7) is 1.34. The zero-order valence-electron chi connectivity index (χ0n) is 8.80. The summed E-state index contributed by atoms with van der Waals surface area (Å²) in [7, 11) is 0. The number of aromatic nitrogens is 1. The first-order valence-corrected chi connectivity index (χ1v) is 4.75. The molecule has 92 valence electrons. The summed E-state index contributed by atoms with van der Waals surface area (Å²) >= 11 is 0. The van der Waals surface area contributed by atoms with Crippen LogP contribution in [-0.2, 0) is 11.3 Å². The molecule has 1 aromatic heterocycles. The van der Waals surface area contributed by atoms with Crippen LogP contribution in [0.3, 0.4) is 0 Å². The van der Waals surface area contributed by atoms with Gasteiger partial charge in [-0.3, -0.25) is 0 Å². The Hall–Kier alpha value is -1.08. The lowest BCUT2D eigenvalue weighted by molar-refractivity contribution is -0.173. The van der Waals surface area contributed by atoms with Crippen LogP contribution in [0.15, 0.2) is 10.6 Å². The SMILES string of the molecule is Cc1cc(CNCCOCC(F)(F)F)on1. The highest BCUT2D eigenvalue weighted by atomic mass is 19.4. The third-order valence-corrected chi connectivity index (χ3v) is 1.66. The Morgan fingerprint density at radius 2 is 2.25 bits per heavy atom. The standard InChI is InChI=1S/C9H13F3N2O2/c1-7-4-8(16-14-7)5-13-2-3-15-6-9(10,11)12/h4,13H,2-3,5-6H2,1H3. The van der Waals surface area contributed by atoms with Crippen molar-refractivity contribution in [2.24, 2.45) is 0 Å². The third kappa shape index (κ3) is 5.72. The van der Waals surface area contributed by atoms with Crippen LogP contribution in [0.5, 0.6) is 0 Å². The molecule has 0 unspecified atom stereocenters. The number of alkyl halides is 3. The van der Waals surface area contributed by atoms with E-state index < -0.39 is 12.8 Å². The normalized spacial score (nSPS) is 12.0. The molecule has 0 saturated carbocycles. The van der Waals surface area contributed by atoms with E-state index in [0.717, 1.165) is 5.69 Å². The Labute approximate surface area is 90.7 Å². The Kier molecular flexibility index (Phi) is 4.75. The topological polar surface area (TPSA) is 47.3 Å². The summed E-state index contributed by atoms with van der Waals surface area (Å²) < 4.78 is 44.3. The van der Waals surface area contributed by atoms with E-state index in [0.29, 0.717) is 18.8 Å². The number of hydrogen-bond donors (Lipinski definition) is 1. The van der Waals surface area contributed by atoms with E-state index in [1.165, 1.54) is 0 Å². The molecule has 0 aliphatic carbocycles. The molecule has 1 heterocycles. The van der Waals surface area contributed by atoms with Gasteiger partial charge in [-0.25, -0.2) is 0 Å². The van der Waals surface area contributed by atoms with Gasteiger partial charge in [0.1, 0.15) is 6.61 Å². The molecule has 0 fully saturated rings. The molecule has 1 N–H and O–H groups in total. The molecule has 7 heteroatoms. The van der Waals surface area contributed by atoms with Crippen molar-refractivity contribution in [1.82, 2.24) is 10.5 Å². The van der Waals surface area contributed by atoms with Gasteiger partial charge < -0.3 is 14.6 Å². The molecule has 0 atom stereocenters. The monoisotopic (exact) mass is 238 g/mol. The Morgan fingerprint density at radius 1 is 1.50 bits per heavy atom. The first-order valence-electron chi connectivity index (χ1n) is 4.75. The summed E-state index contributed by atoms with van der Waals surface area (Å²) in [6, 6.07) is 1.75. The van der Waals surface area contributed by atoms with Gasteiger partial charge in [0, 0.05) is 12.6 Å². The van der Waals surface area contributed by atoms with Gasteiger partial charge >= 0.3 is 6.18 Å². The molecule has 0 radical (unpaired) electrons. The van der Waals surface area contributed by atoms with Crippen molar-refractivity contribution in [2.75, 3.05) is 19.8 Å². The predicted molar refractivity (Wildman–Crippen MR) is 49.8 cm³/mol. The smallest absolute Gasteiger partial charge is 0.371 e. The second-order valence-electron chi connectivity index (χ2n) is 3.28. The Morgan fingerprint density at radius 3 is 2.81 bits per heavy atom. The number of ether oxygens (including phenoxy) is 1. The summed E-state index contributed by atoms with van der Waals surface area (Å²) in [5.41, 5.74) is 0.769. The highest BCUT2D eigenvalue weighted by molar-refractivity contribution is 5.02. The molecule has 0 aliphatic rings. The number of hydrogen-bond acceptors (Lipinski definition) is 4. The molecule has 1 rings (SSSR count). The van der Waals surface area contributed by atoms with Crippen LogP contribution in [0.1, 0.15) is 11.5 Å². The number of nitrogens with zero attached hydrogens (tertiary/aromatic N) is 1. The van der Waals surface area contributed by atoms with Gasteiger partial charge in [0.05, 0.1) is 18.8 Å². The van der Waals surface area contributed by atoms with E-state index in [2.05, 4.69) is 15.2 Å². The molecular weight excluding hydrogens is 225 g/mol. The number of rotatable bonds is 6. The predicted octanol–water partition coefficient (Wildman–Crippen LogP) is 1.65. The number of nitrogens with one attached hydrogen (secondary N) is 1. The lowest BCUT2D eigenvalue weighted by Gasteiger charge is -2.07. The van der Waals surface area contributed by atoms with Crippen molar-refractivity contribution >= 4 is 0 Å². The number of aryl methyl sites for hydroxylation is 1. The average molecular weight is 238 g/mol. The van der Waals surface area contributed by atoms with Gasteiger partial charge in [-0.2, -0.15) is 13.2 Å². The van der Waals surface area contributed by atoms with Crippen molar-refractivity contribution in [3.05, 3.63) is 17.5 Å². The van der Waals surface area contributed by atoms with E-state index in [4.69, 9.17) is 4.52 Å². The second-order valence-corrected chi connectivity index (χ2v) is 3.28. The van der Waals surface area contributed by atoms with Gasteiger partial charge in [0.2, 0.25) is 0 Å². The molecule has 16 heavy (non-hydrogen) atoms. The summed E-state index contributed by atoms with van der Waals surface area (Å²) in [6.07, 6.45) is -4.26. The van der Waals surface area contributed by atoms with Crippen molar-refractivity contribution < 1.29 is 22.4 Å². The molecule has 0 aliphatic heterocycles. The maximum atomic E-state index is 11.7. The zero-order valence-corrected chi connectivity index (χ0v) is 8.80. The van der Waals surface area contributed by atoms with E-state index in [9.17, 15) is 13.2 Å². The maximum absolute atomic E-state index is 11.7. The Bertz CT molecular complexity index is 312. The van der Waals surface area contributed by atoms with Crippen LogP contribution in [-0.4, -0.2) is 31.1 Å². The highest BCUT2D eigenvalue weighted by Gasteiger charge is 2.27. The van der Waals surface area contributed by atoms with Crippen molar-refractivity contribution in [2.45, 2.75) is 19.6 Å². The van der Waals surface area contributed by atoms with Crippen LogP contribution >= 0.6 is 0 Å². The highest BCUT2D eigenvalue weighted by Crippen LogP contribution is 2.13. The molecule has 0 bridgehead atoms. The van der Waals surface area contributed by atoms with E-state index in [1.807, 2.05) is 0 Å². The molecular formula is C9H13F3N2O2. The van der Waals surface area contributed by atoms with Gasteiger partial charge in [-0.05, 0) is 6.92 Å². The van der Waals surface area contributed by atoms with Crippen molar-refractivity contribution in [3.8, 4) is 0 Å². The third-order valence-electron chi connectivity index (χ3n) is 1.66. The molecule has 0 spiro atoms. The molecule has 0 saturated heterocycles. The second kappa shape index (κ2) is 5.86. The van der Waals surface area contributed by atoms with Crippen LogP contribution in [0.25, 0.3) is 0 Å². The van der Waals surface area contributed by atoms with Gasteiger partial charge in [-0.1, -0.05) is 5.16 Å². The fourth-order valence-electron chi connectivity index (χ4n) is 1.04. The quantitative estimate of drug-likeness (QED) is 0.765. The average Bonchev–Trinajstić information content (AvgIpc) is 2.56. The fourth-order valence-corrected chi connectivity index (χ4v) is 1.04. The largest absolute Gasteiger partial charge is 0.411 e. The van der Waals surface area contributed by atoms with Gasteiger partial charge in [0.15, 0.2) is 5.76 Å². The lowest BCUT2D eigenvalue weighted by atomic mass is 10.4. The minimum Gasteiger partial charge on any atom is -0.371 e. The molecule has 4 nitrogen and oxygen atoms in total.